The van der Waals surface area contributed by atoms with Crippen LogP contribution in [0.2, 0.25) is 0 Å². The first-order chi connectivity index (χ1) is 10.9. The second-order valence-corrected chi connectivity index (χ2v) is 6.38. The molecule has 22 heavy (non-hydrogen) atoms. The smallest absolute Gasteiger partial charge is 0.204 e. The number of piperidine rings is 1. The highest BCUT2D eigenvalue weighted by Gasteiger charge is 2.17. The number of benzene rings is 1. The van der Waals surface area contributed by atoms with Crippen LogP contribution in [0.3, 0.4) is 0 Å². The van der Waals surface area contributed by atoms with Gasteiger partial charge in [-0.05, 0) is 38.1 Å². The largest absolute Gasteiger partial charge is 0.353 e. The van der Waals surface area contributed by atoms with E-state index in [0.29, 0.717) is 6.04 Å². The van der Waals surface area contributed by atoms with Crippen molar-refractivity contribution in [2.24, 2.45) is 0 Å². The van der Waals surface area contributed by atoms with Gasteiger partial charge in [0, 0.05) is 11.4 Å². The van der Waals surface area contributed by atoms with E-state index in [1.54, 1.807) is 11.3 Å². The van der Waals surface area contributed by atoms with Gasteiger partial charge in [-0.15, -0.1) is 11.3 Å². The summed E-state index contributed by atoms with van der Waals surface area (Å²) in [5.41, 5.74) is 5.16. The number of aromatic nitrogens is 3. The topological polar surface area (TPSA) is 54.8 Å². The average Bonchev–Trinajstić information content (AvgIpc) is 3.18. The molecule has 6 heteroatoms. The van der Waals surface area contributed by atoms with Gasteiger partial charge in [0.2, 0.25) is 5.95 Å². The molecule has 0 unspecified atom stereocenters. The molecule has 114 valence electrons. The van der Waals surface area contributed by atoms with Crippen molar-refractivity contribution < 1.29 is 0 Å². The molecule has 0 aliphatic carbocycles. The normalized spacial score (nSPS) is 16.2. The molecule has 0 bridgehead atoms. The summed E-state index contributed by atoms with van der Waals surface area (Å²) < 4.78 is 2.24. The molecule has 0 saturated carbocycles. The lowest BCUT2D eigenvalue weighted by atomic mass is 10.1. The molecule has 0 atom stereocenters. The van der Waals surface area contributed by atoms with Gasteiger partial charge >= 0.3 is 0 Å². The first-order valence-corrected chi connectivity index (χ1v) is 8.64. The highest BCUT2D eigenvalue weighted by atomic mass is 32.1. The Hall–Kier alpha value is -1.92. The standard InChI is InChI=1S/C16H19N5S/c1-2-4-15-14(3-1)20-16(19-12-5-7-17-8-6-12)21(15)9-13-10-22-11-18-13/h1-4,10-12,17H,5-9H2,(H,19,20). The zero-order valence-corrected chi connectivity index (χ0v) is 13.1. The minimum absolute atomic E-state index is 0.493. The van der Waals surface area contributed by atoms with E-state index in [1.165, 1.54) is 0 Å². The number of para-hydroxylation sites is 2. The van der Waals surface area contributed by atoms with E-state index in [0.717, 1.165) is 55.2 Å². The Bertz CT molecular complexity index is 743. The molecule has 2 aromatic heterocycles. The number of imidazole rings is 1. The molecule has 3 heterocycles. The molecule has 0 spiro atoms. The summed E-state index contributed by atoms with van der Waals surface area (Å²) >= 11 is 1.63. The van der Waals surface area contributed by atoms with E-state index in [4.69, 9.17) is 4.98 Å². The van der Waals surface area contributed by atoms with Crippen molar-refractivity contribution in [3.63, 3.8) is 0 Å². The van der Waals surface area contributed by atoms with Crippen LogP contribution in [-0.4, -0.2) is 33.7 Å². The molecule has 1 aliphatic heterocycles. The second-order valence-electron chi connectivity index (χ2n) is 5.66. The first-order valence-electron chi connectivity index (χ1n) is 7.70. The Morgan fingerprint density at radius 3 is 2.95 bits per heavy atom. The Kier molecular flexibility index (Phi) is 3.78. The fourth-order valence-electron chi connectivity index (χ4n) is 2.97. The lowest BCUT2D eigenvalue weighted by Crippen LogP contribution is -2.36. The van der Waals surface area contributed by atoms with Gasteiger partial charge in [-0.1, -0.05) is 12.1 Å². The van der Waals surface area contributed by atoms with Crippen LogP contribution in [0.25, 0.3) is 11.0 Å². The maximum atomic E-state index is 4.79. The molecule has 4 rings (SSSR count). The summed E-state index contributed by atoms with van der Waals surface area (Å²) in [6.45, 7) is 2.91. The predicted octanol–water partition coefficient (Wildman–Crippen LogP) is 2.71. The van der Waals surface area contributed by atoms with E-state index < -0.39 is 0 Å². The second kappa shape index (κ2) is 6.06. The summed E-state index contributed by atoms with van der Waals surface area (Å²) in [5.74, 6) is 0.959. The molecule has 3 aromatic rings. The lowest BCUT2D eigenvalue weighted by molar-refractivity contribution is 0.476. The summed E-state index contributed by atoms with van der Waals surface area (Å²) in [5, 5.41) is 9.14. The Labute approximate surface area is 133 Å². The summed E-state index contributed by atoms with van der Waals surface area (Å²) in [7, 11) is 0. The predicted molar refractivity (Wildman–Crippen MR) is 90.5 cm³/mol. The van der Waals surface area contributed by atoms with E-state index in [2.05, 4.69) is 43.8 Å². The quantitative estimate of drug-likeness (QED) is 0.777. The van der Waals surface area contributed by atoms with Gasteiger partial charge in [0.25, 0.3) is 0 Å². The Morgan fingerprint density at radius 2 is 2.14 bits per heavy atom. The summed E-state index contributed by atoms with van der Waals surface area (Å²) in [6, 6.07) is 8.79. The van der Waals surface area contributed by atoms with Crippen molar-refractivity contribution in [3.05, 3.63) is 40.8 Å². The fraction of sp³-hybridized carbons (Fsp3) is 0.375. The maximum absolute atomic E-state index is 4.79. The molecular weight excluding hydrogens is 294 g/mol. The van der Waals surface area contributed by atoms with Crippen LogP contribution in [0.1, 0.15) is 18.5 Å². The minimum Gasteiger partial charge on any atom is -0.353 e. The van der Waals surface area contributed by atoms with Crippen LogP contribution < -0.4 is 10.6 Å². The molecular formula is C16H19N5S. The van der Waals surface area contributed by atoms with Crippen molar-refractivity contribution in [2.45, 2.75) is 25.4 Å². The van der Waals surface area contributed by atoms with Crippen LogP contribution in [0, 0.1) is 0 Å². The van der Waals surface area contributed by atoms with Crippen molar-refractivity contribution in [1.82, 2.24) is 19.9 Å². The Morgan fingerprint density at radius 1 is 1.27 bits per heavy atom. The van der Waals surface area contributed by atoms with Gasteiger partial charge in [0.15, 0.2) is 0 Å². The summed E-state index contributed by atoms with van der Waals surface area (Å²) in [4.78, 5) is 9.21. The third-order valence-electron chi connectivity index (χ3n) is 4.13. The van der Waals surface area contributed by atoms with Crippen LogP contribution >= 0.6 is 11.3 Å². The third kappa shape index (κ3) is 2.71. The van der Waals surface area contributed by atoms with Gasteiger partial charge < -0.3 is 15.2 Å². The van der Waals surface area contributed by atoms with Crippen molar-refractivity contribution >= 4 is 28.3 Å². The summed E-state index contributed by atoms with van der Waals surface area (Å²) in [6.07, 6.45) is 2.28. The van der Waals surface area contributed by atoms with E-state index >= 15 is 0 Å². The molecule has 0 radical (unpaired) electrons. The number of anilines is 1. The molecule has 2 N–H and O–H groups in total. The number of thiazole rings is 1. The molecule has 1 saturated heterocycles. The zero-order chi connectivity index (χ0) is 14.8. The maximum Gasteiger partial charge on any atom is 0.204 e. The van der Waals surface area contributed by atoms with Gasteiger partial charge in [-0.25, -0.2) is 9.97 Å². The Balaban J connectivity index is 1.69. The molecule has 1 aromatic carbocycles. The highest BCUT2D eigenvalue weighted by Crippen LogP contribution is 2.23. The first kappa shape index (κ1) is 13.7. The van der Waals surface area contributed by atoms with Gasteiger partial charge in [0.05, 0.1) is 28.8 Å². The number of nitrogens with zero attached hydrogens (tertiary/aromatic N) is 3. The van der Waals surface area contributed by atoms with E-state index in [9.17, 15) is 0 Å². The number of rotatable bonds is 4. The molecule has 1 fully saturated rings. The lowest BCUT2D eigenvalue weighted by Gasteiger charge is -2.24. The minimum atomic E-state index is 0.493. The van der Waals surface area contributed by atoms with Crippen molar-refractivity contribution in [1.29, 1.82) is 0 Å². The SMILES string of the molecule is c1ccc2c(c1)nc(NC1CCNCC1)n2Cc1cscn1. The van der Waals surface area contributed by atoms with Gasteiger partial charge in [-0.2, -0.15) is 0 Å². The monoisotopic (exact) mass is 313 g/mol. The third-order valence-corrected chi connectivity index (χ3v) is 4.77. The van der Waals surface area contributed by atoms with Crippen LogP contribution in [-0.2, 0) is 6.54 Å². The highest BCUT2D eigenvalue weighted by molar-refractivity contribution is 7.07. The van der Waals surface area contributed by atoms with Gasteiger partial charge in [0.1, 0.15) is 0 Å². The average molecular weight is 313 g/mol. The van der Waals surface area contributed by atoms with Crippen molar-refractivity contribution in [2.75, 3.05) is 18.4 Å². The zero-order valence-electron chi connectivity index (χ0n) is 12.3. The van der Waals surface area contributed by atoms with Crippen LogP contribution in [0.4, 0.5) is 5.95 Å². The van der Waals surface area contributed by atoms with Crippen LogP contribution in [0.15, 0.2) is 35.2 Å². The number of hydrogen-bond acceptors (Lipinski definition) is 5. The van der Waals surface area contributed by atoms with E-state index in [1.807, 2.05) is 11.6 Å². The van der Waals surface area contributed by atoms with Gasteiger partial charge in [-0.3, -0.25) is 0 Å². The van der Waals surface area contributed by atoms with Crippen LogP contribution in [0.5, 0.6) is 0 Å². The number of nitrogens with one attached hydrogen (secondary N) is 2. The molecule has 1 aliphatic rings. The van der Waals surface area contributed by atoms with Crippen molar-refractivity contribution in [3.8, 4) is 0 Å². The molecule has 5 nitrogen and oxygen atoms in total. The number of hydrogen-bond donors (Lipinski definition) is 2. The number of fused-ring (bicyclic) bond motifs is 1. The van der Waals surface area contributed by atoms with E-state index in [-0.39, 0.29) is 0 Å². The molecule has 0 amide bonds. The fourth-order valence-corrected chi connectivity index (χ4v) is 3.52.